The first-order chi connectivity index (χ1) is 28.3. The molecule has 4 aromatic rings. The number of rotatable bonds is 17. The van der Waals surface area contributed by atoms with E-state index in [0.717, 1.165) is 43.4 Å². The van der Waals surface area contributed by atoms with E-state index in [1.807, 2.05) is 48.4 Å². The number of ether oxygens (including phenoxy) is 2. The SMILES string of the molecule is CCN(C[C@H]1CC[C@H](CC(=O)OCc2ccccc2)CC1)c1ccc(C(F)(F)F)cc1CN(c1ncc(OCCSC)cn1)[C@@H](C)c1cc(C(F)(F)F)cc(C(F)(F)F)c1. The van der Waals surface area contributed by atoms with Crippen LogP contribution in [-0.2, 0) is 41.2 Å². The largest absolute Gasteiger partial charge is 0.489 e. The highest BCUT2D eigenvalue weighted by atomic mass is 32.2. The number of hydrogen-bond acceptors (Lipinski definition) is 8. The summed E-state index contributed by atoms with van der Waals surface area (Å²) in [4.78, 5) is 24.5. The maximum absolute atomic E-state index is 14.3. The second kappa shape index (κ2) is 20.3. The van der Waals surface area contributed by atoms with Gasteiger partial charge in [-0.05, 0) is 111 Å². The summed E-state index contributed by atoms with van der Waals surface area (Å²) >= 11 is 1.52. The fourth-order valence-electron chi connectivity index (χ4n) is 7.30. The van der Waals surface area contributed by atoms with Gasteiger partial charge in [0.05, 0.1) is 41.7 Å². The third-order valence-electron chi connectivity index (χ3n) is 10.6. The molecule has 1 atom stereocenters. The lowest BCUT2D eigenvalue weighted by molar-refractivity contribution is -0.146. The monoisotopic (exact) mass is 870 g/mol. The average Bonchev–Trinajstić information content (AvgIpc) is 3.21. The number of aromatic nitrogens is 2. The molecule has 0 spiro atoms. The number of halogens is 9. The Bertz CT molecular complexity index is 1960. The molecule has 1 aliphatic rings. The molecule has 1 fully saturated rings. The molecule has 3 aromatic carbocycles. The highest BCUT2D eigenvalue weighted by molar-refractivity contribution is 7.98. The smallest absolute Gasteiger partial charge is 0.416 e. The molecule has 0 amide bonds. The second-order valence-corrected chi connectivity index (χ2v) is 15.8. The lowest BCUT2D eigenvalue weighted by Gasteiger charge is -2.36. The quantitative estimate of drug-likeness (QED) is 0.0590. The standard InChI is InChI=1S/C43H47F9N4O3S/c1-4-55(25-30-12-10-29(11-13-30)18-39(57)59-27-31-8-6-5-7-9-31)38-15-14-34(41(44,45)46)21-33(38)26-56(40-53-23-37(24-54-40)58-16-17-60-3)28(2)32-19-35(42(47,48)49)22-36(20-32)43(50,51)52/h5-9,14-15,19-24,28-30H,4,10-13,16-18,25-27H2,1-3H3/t28-,29-,30-/m0/s1. The van der Waals surface area contributed by atoms with Gasteiger partial charge in [0.15, 0.2) is 5.75 Å². The summed E-state index contributed by atoms with van der Waals surface area (Å²) < 4.78 is 138. The lowest BCUT2D eigenvalue weighted by Crippen LogP contribution is -2.34. The van der Waals surface area contributed by atoms with Crippen molar-refractivity contribution in [2.75, 3.05) is 41.5 Å². The van der Waals surface area contributed by atoms with E-state index >= 15 is 0 Å². The molecule has 0 radical (unpaired) electrons. The molecule has 0 bridgehead atoms. The van der Waals surface area contributed by atoms with Crippen LogP contribution in [0.25, 0.3) is 0 Å². The van der Waals surface area contributed by atoms with Crippen LogP contribution in [0.3, 0.4) is 0 Å². The first-order valence-corrected chi connectivity index (χ1v) is 20.9. The van der Waals surface area contributed by atoms with Crippen molar-refractivity contribution in [2.45, 2.75) is 83.7 Å². The predicted molar refractivity (Wildman–Crippen MR) is 213 cm³/mol. The van der Waals surface area contributed by atoms with Crippen LogP contribution in [0.5, 0.6) is 5.75 Å². The number of nitrogens with zero attached hydrogens (tertiary/aromatic N) is 4. The Labute approximate surface area is 347 Å². The van der Waals surface area contributed by atoms with Crippen molar-refractivity contribution >= 4 is 29.4 Å². The minimum Gasteiger partial charge on any atom is -0.489 e. The van der Waals surface area contributed by atoms with Gasteiger partial charge in [0.1, 0.15) is 6.61 Å². The number of benzene rings is 3. The van der Waals surface area contributed by atoms with Crippen molar-refractivity contribution in [3.8, 4) is 5.75 Å². The molecule has 17 heteroatoms. The number of carbonyl (C=O) groups is 1. The van der Waals surface area contributed by atoms with Gasteiger partial charge in [-0.1, -0.05) is 30.3 Å². The third kappa shape index (κ3) is 12.9. The maximum atomic E-state index is 14.3. The minimum atomic E-state index is -5.13. The lowest BCUT2D eigenvalue weighted by atomic mass is 9.80. The van der Waals surface area contributed by atoms with Crippen LogP contribution in [0.1, 0.15) is 85.4 Å². The van der Waals surface area contributed by atoms with Crippen molar-refractivity contribution in [3.63, 3.8) is 0 Å². The topological polar surface area (TPSA) is 67.8 Å². The van der Waals surface area contributed by atoms with E-state index in [1.54, 1.807) is 0 Å². The number of alkyl halides is 9. The van der Waals surface area contributed by atoms with Crippen LogP contribution in [0.4, 0.5) is 51.1 Å². The Morgan fingerprint density at radius 2 is 1.42 bits per heavy atom. The van der Waals surface area contributed by atoms with Crippen LogP contribution >= 0.6 is 11.8 Å². The van der Waals surface area contributed by atoms with E-state index in [4.69, 9.17) is 9.47 Å². The zero-order chi connectivity index (χ0) is 43.7. The number of hydrogen-bond donors (Lipinski definition) is 0. The van der Waals surface area contributed by atoms with Gasteiger partial charge >= 0.3 is 24.5 Å². The number of anilines is 2. The fraction of sp³-hybridized carbons (Fsp3) is 0.465. The van der Waals surface area contributed by atoms with Gasteiger partial charge < -0.3 is 19.3 Å². The Hall–Kier alpha value is -4.67. The number of thioether (sulfide) groups is 1. The van der Waals surface area contributed by atoms with Crippen molar-refractivity contribution < 1.29 is 53.8 Å². The van der Waals surface area contributed by atoms with E-state index in [9.17, 15) is 44.3 Å². The van der Waals surface area contributed by atoms with Gasteiger partial charge in [0.25, 0.3) is 0 Å². The summed E-state index contributed by atoms with van der Waals surface area (Å²) in [5, 5.41) is 0. The van der Waals surface area contributed by atoms with E-state index in [0.29, 0.717) is 43.3 Å². The average molecular weight is 871 g/mol. The van der Waals surface area contributed by atoms with E-state index in [-0.39, 0.29) is 54.2 Å². The molecule has 326 valence electrons. The first kappa shape index (κ1) is 46.4. The van der Waals surface area contributed by atoms with E-state index in [2.05, 4.69) is 9.97 Å². The Kier molecular flexibility index (Phi) is 15.7. The summed E-state index contributed by atoms with van der Waals surface area (Å²) in [6.07, 6.45) is -7.29. The zero-order valence-electron chi connectivity index (χ0n) is 33.3. The van der Waals surface area contributed by atoms with Crippen molar-refractivity contribution in [2.24, 2.45) is 11.8 Å². The highest BCUT2D eigenvalue weighted by Crippen LogP contribution is 2.41. The van der Waals surface area contributed by atoms with Crippen LogP contribution in [-0.4, -0.2) is 47.6 Å². The summed E-state index contributed by atoms with van der Waals surface area (Å²) in [6, 6.07) is 12.5. The molecule has 0 saturated heterocycles. The normalized spacial score (nSPS) is 16.6. The fourth-order valence-corrected chi connectivity index (χ4v) is 7.55. The molecule has 1 aliphatic carbocycles. The van der Waals surface area contributed by atoms with Crippen LogP contribution in [0, 0.1) is 11.8 Å². The van der Waals surface area contributed by atoms with E-state index in [1.165, 1.54) is 42.0 Å². The third-order valence-corrected chi connectivity index (χ3v) is 11.2. The van der Waals surface area contributed by atoms with Gasteiger partial charge in [0, 0.05) is 37.5 Å². The first-order valence-electron chi connectivity index (χ1n) is 19.5. The number of esters is 1. The Morgan fingerprint density at radius 1 is 0.817 bits per heavy atom. The maximum Gasteiger partial charge on any atom is 0.416 e. The molecule has 1 heterocycles. The van der Waals surface area contributed by atoms with Crippen molar-refractivity contribution in [1.29, 1.82) is 0 Å². The summed E-state index contributed by atoms with van der Waals surface area (Å²) in [6.45, 7) is 4.10. The highest BCUT2D eigenvalue weighted by Gasteiger charge is 2.38. The molecule has 60 heavy (non-hydrogen) atoms. The van der Waals surface area contributed by atoms with Crippen LogP contribution in [0.2, 0.25) is 0 Å². The van der Waals surface area contributed by atoms with Gasteiger partial charge in [0.2, 0.25) is 5.95 Å². The van der Waals surface area contributed by atoms with Crippen molar-refractivity contribution in [1.82, 2.24) is 9.97 Å². The van der Waals surface area contributed by atoms with Gasteiger partial charge in [-0.3, -0.25) is 4.79 Å². The van der Waals surface area contributed by atoms with Gasteiger partial charge in [-0.25, -0.2) is 9.97 Å². The van der Waals surface area contributed by atoms with Crippen LogP contribution in [0.15, 0.2) is 79.1 Å². The Morgan fingerprint density at radius 3 is 1.98 bits per heavy atom. The molecular weight excluding hydrogens is 824 g/mol. The van der Waals surface area contributed by atoms with Gasteiger partial charge in [-0.15, -0.1) is 0 Å². The number of carbonyl (C=O) groups excluding carboxylic acids is 1. The molecule has 5 rings (SSSR count). The molecule has 0 aliphatic heterocycles. The predicted octanol–water partition coefficient (Wildman–Crippen LogP) is 11.8. The van der Waals surface area contributed by atoms with E-state index < -0.39 is 53.4 Å². The molecule has 1 aromatic heterocycles. The van der Waals surface area contributed by atoms with Crippen LogP contribution < -0.4 is 14.5 Å². The summed E-state index contributed by atoms with van der Waals surface area (Å²) in [5.74, 6) is 0.686. The summed E-state index contributed by atoms with van der Waals surface area (Å²) in [5.41, 5.74) is -3.05. The van der Waals surface area contributed by atoms with Crippen molar-refractivity contribution in [3.05, 3.63) is 113 Å². The molecule has 0 unspecified atom stereocenters. The van der Waals surface area contributed by atoms with Gasteiger partial charge in [-0.2, -0.15) is 51.3 Å². The zero-order valence-corrected chi connectivity index (χ0v) is 34.2. The second-order valence-electron chi connectivity index (χ2n) is 14.8. The molecule has 1 saturated carbocycles. The minimum absolute atomic E-state index is 0.0208. The summed E-state index contributed by atoms with van der Waals surface area (Å²) in [7, 11) is 0. The Balaban J connectivity index is 1.44. The molecule has 7 nitrogen and oxygen atoms in total. The molecule has 0 N–H and O–H groups in total. The molecular formula is C43H47F9N4O3S.